The molecule has 1 unspecified atom stereocenters. The summed E-state index contributed by atoms with van der Waals surface area (Å²) in [4.78, 5) is 8.99. The van der Waals surface area contributed by atoms with Crippen LogP contribution in [0.3, 0.4) is 0 Å². The van der Waals surface area contributed by atoms with Crippen molar-refractivity contribution in [3.8, 4) is 0 Å². The molecule has 158 valence electrons. The highest BCUT2D eigenvalue weighted by atomic mass is 32.2. The van der Waals surface area contributed by atoms with Gasteiger partial charge in [-0.1, -0.05) is 24.3 Å². The highest BCUT2D eigenvalue weighted by molar-refractivity contribution is 7.86. The second-order valence-corrected chi connectivity index (χ2v) is 7.25. The molecule has 2 aromatic rings. The zero-order chi connectivity index (χ0) is 22.2. The molecule has 29 heavy (non-hydrogen) atoms. The molecule has 0 saturated carbocycles. The number of halogens is 6. The SMILES string of the molecule is Cc1c([N+](=O)[O-])cccc1S(=O)(=O)OC(c1ccccc1C(F)(F)F)C(F)(F)F. The van der Waals surface area contributed by atoms with Gasteiger partial charge in [-0.15, -0.1) is 0 Å². The molecular weight excluding hydrogens is 432 g/mol. The monoisotopic (exact) mass is 443 g/mol. The van der Waals surface area contributed by atoms with Crippen molar-refractivity contribution >= 4 is 15.8 Å². The Hall–Kier alpha value is -2.67. The predicted octanol–water partition coefficient (Wildman–Crippen LogP) is 4.93. The first-order valence-electron chi connectivity index (χ1n) is 7.56. The number of rotatable bonds is 5. The van der Waals surface area contributed by atoms with E-state index >= 15 is 0 Å². The van der Waals surface area contributed by atoms with E-state index in [0.29, 0.717) is 12.1 Å². The van der Waals surface area contributed by atoms with E-state index in [2.05, 4.69) is 4.18 Å². The molecule has 0 aromatic heterocycles. The van der Waals surface area contributed by atoms with Gasteiger partial charge in [0.2, 0.25) is 0 Å². The van der Waals surface area contributed by atoms with Crippen molar-refractivity contribution in [2.75, 3.05) is 0 Å². The number of benzene rings is 2. The minimum atomic E-state index is -5.54. The molecule has 0 radical (unpaired) electrons. The molecule has 0 aliphatic carbocycles. The van der Waals surface area contributed by atoms with E-state index in [0.717, 1.165) is 37.3 Å². The third kappa shape index (κ3) is 4.85. The summed E-state index contributed by atoms with van der Waals surface area (Å²) in [6, 6.07) is 5.04. The van der Waals surface area contributed by atoms with Crippen molar-refractivity contribution in [3.05, 3.63) is 69.3 Å². The van der Waals surface area contributed by atoms with Crippen LogP contribution in [-0.4, -0.2) is 19.5 Å². The number of nitrogens with zero attached hydrogens (tertiary/aromatic N) is 1. The van der Waals surface area contributed by atoms with Crippen molar-refractivity contribution in [3.63, 3.8) is 0 Å². The van der Waals surface area contributed by atoms with E-state index < -0.39 is 60.8 Å². The number of hydrogen-bond acceptors (Lipinski definition) is 5. The fourth-order valence-electron chi connectivity index (χ4n) is 2.52. The minimum absolute atomic E-state index is 0.350. The van der Waals surface area contributed by atoms with Crippen molar-refractivity contribution in [2.45, 2.75) is 30.3 Å². The average molecular weight is 443 g/mol. The molecule has 0 fully saturated rings. The fraction of sp³-hybridized carbons (Fsp3) is 0.250. The molecular formula is C16H11F6NO5S. The second-order valence-electron chi connectivity index (χ2n) is 5.71. The number of nitro benzene ring substituents is 1. The van der Waals surface area contributed by atoms with Gasteiger partial charge in [-0.3, -0.25) is 10.1 Å². The Kier molecular flexibility index (Phi) is 5.95. The lowest BCUT2D eigenvalue weighted by Crippen LogP contribution is -2.29. The smallest absolute Gasteiger partial charge is 0.258 e. The number of alkyl halides is 6. The third-order valence-electron chi connectivity index (χ3n) is 3.79. The van der Waals surface area contributed by atoms with E-state index in [4.69, 9.17) is 0 Å². The van der Waals surface area contributed by atoms with E-state index in [-0.39, 0.29) is 0 Å². The summed E-state index contributed by atoms with van der Waals surface area (Å²) in [5.41, 5.74) is -4.43. The van der Waals surface area contributed by atoms with Crippen LogP contribution in [-0.2, 0) is 20.5 Å². The molecule has 0 N–H and O–H groups in total. The summed E-state index contributed by atoms with van der Waals surface area (Å²) < 4.78 is 109. The zero-order valence-corrected chi connectivity index (χ0v) is 15.1. The first-order chi connectivity index (χ1) is 13.2. The van der Waals surface area contributed by atoms with Gasteiger partial charge in [0.1, 0.15) is 4.90 Å². The summed E-state index contributed by atoms with van der Waals surface area (Å²) in [6.07, 6.45) is -14.2. The zero-order valence-electron chi connectivity index (χ0n) is 14.3. The predicted molar refractivity (Wildman–Crippen MR) is 86.3 cm³/mol. The van der Waals surface area contributed by atoms with Crippen LogP contribution in [0.2, 0.25) is 0 Å². The minimum Gasteiger partial charge on any atom is -0.258 e. The van der Waals surface area contributed by atoms with Crippen LogP contribution in [0.4, 0.5) is 32.0 Å². The van der Waals surface area contributed by atoms with Crippen LogP contribution in [0.15, 0.2) is 47.4 Å². The first-order valence-corrected chi connectivity index (χ1v) is 8.97. The Bertz CT molecular complexity index is 1030. The molecule has 2 rings (SSSR count). The van der Waals surface area contributed by atoms with Gasteiger partial charge in [0, 0.05) is 17.2 Å². The van der Waals surface area contributed by atoms with Crippen molar-refractivity contribution < 1.29 is 43.9 Å². The van der Waals surface area contributed by atoms with Crippen molar-refractivity contribution in [1.29, 1.82) is 0 Å². The van der Waals surface area contributed by atoms with E-state index in [1.54, 1.807) is 0 Å². The molecule has 0 amide bonds. The average Bonchev–Trinajstić information content (AvgIpc) is 2.58. The van der Waals surface area contributed by atoms with Gasteiger partial charge >= 0.3 is 12.4 Å². The molecule has 0 heterocycles. The molecule has 0 aliphatic heterocycles. The largest absolute Gasteiger partial charge is 0.420 e. The number of nitro groups is 1. The Morgan fingerprint density at radius 3 is 2.10 bits per heavy atom. The van der Waals surface area contributed by atoms with Crippen molar-refractivity contribution in [2.24, 2.45) is 0 Å². The Labute approximate surface area is 160 Å². The van der Waals surface area contributed by atoms with Gasteiger partial charge in [0.25, 0.3) is 15.8 Å². The third-order valence-corrected chi connectivity index (χ3v) is 5.22. The highest BCUT2D eigenvalue weighted by Crippen LogP contribution is 2.44. The first kappa shape index (κ1) is 22.6. The van der Waals surface area contributed by atoms with E-state index in [9.17, 15) is 44.9 Å². The Morgan fingerprint density at radius 2 is 1.59 bits per heavy atom. The molecule has 6 nitrogen and oxygen atoms in total. The number of hydrogen-bond donors (Lipinski definition) is 0. The van der Waals surface area contributed by atoms with Crippen LogP contribution in [0.5, 0.6) is 0 Å². The van der Waals surface area contributed by atoms with Gasteiger partial charge in [0.05, 0.1) is 10.5 Å². The van der Waals surface area contributed by atoms with Crippen LogP contribution >= 0.6 is 0 Å². The van der Waals surface area contributed by atoms with E-state index in [1.165, 1.54) is 0 Å². The van der Waals surface area contributed by atoms with Gasteiger partial charge in [-0.05, 0) is 19.1 Å². The van der Waals surface area contributed by atoms with Gasteiger partial charge < -0.3 is 0 Å². The standard InChI is InChI=1S/C16H11F6NO5S/c1-9-12(23(24)25)7-4-8-13(9)29(26,27)28-14(16(20,21)22)10-5-2-3-6-11(10)15(17,18)19/h2-8,14H,1H3. The van der Waals surface area contributed by atoms with Gasteiger partial charge in [-0.25, -0.2) is 4.18 Å². The summed E-state index contributed by atoms with van der Waals surface area (Å²) >= 11 is 0. The van der Waals surface area contributed by atoms with Gasteiger partial charge in [-0.2, -0.15) is 34.8 Å². The van der Waals surface area contributed by atoms with Crippen LogP contribution < -0.4 is 0 Å². The maximum Gasteiger partial charge on any atom is 0.420 e. The normalized spacial score (nSPS) is 13.9. The molecule has 2 aromatic carbocycles. The molecule has 0 aliphatic rings. The molecule has 0 bridgehead atoms. The van der Waals surface area contributed by atoms with Crippen LogP contribution in [0, 0.1) is 17.0 Å². The second kappa shape index (κ2) is 7.63. The molecule has 0 saturated heterocycles. The molecule has 13 heteroatoms. The lowest BCUT2D eigenvalue weighted by atomic mass is 10.0. The Morgan fingerprint density at radius 1 is 1.00 bits per heavy atom. The van der Waals surface area contributed by atoms with Crippen LogP contribution in [0.1, 0.15) is 22.8 Å². The van der Waals surface area contributed by atoms with Crippen LogP contribution in [0.25, 0.3) is 0 Å². The summed E-state index contributed by atoms with van der Waals surface area (Å²) in [5, 5.41) is 10.9. The van der Waals surface area contributed by atoms with E-state index in [1.807, 2.05) is 0 Å². The quantitative estimate of drug-likeness (QED) is 0.283. The maximum atomic E-state index is 13.5. The summed E-state index contributed by atoms with van der Waals surface area (Å²) in [6.45, 7) is 0.959. The topological polar surface area (TPSA) is 86.5 Å². The van der Waals surface area contributed by atoms with Gasteiger partial charge in [0.15, 0.2) is 6.10 Å². The summed E-state index contributed by atoms with van der Waals surface area (Å²) in [7, 11) is -5.33. The van der Waals surface area contributed by atoms with Crippen molar-refractivity contribution in [1.82, 2.24) is 0 Å². The summed E-state index contributed by atoms with van der Waals surface area (Å²) in [5.74, 6) is 0. The molecule has 0 spiro atoms. The fourth-order valence-corrected chi connectivity index (χ4v) is 3.81. The maximum absolute atomic E-state index is 13.5. The molecule has 1 atom stereocenters. The lowest BCUT2D eigenvalue weighted by Gasteiger charge is -2.24. The Balaban J connectivity index is 2.62. The lowest BCUT2D eigenvalue weighted by molar-refractivity contribution is -0.385. The highest BCUT2D eigenvalue weighted by Gasteiger charge is 2.49.